The lowest BCUT2D eigenvalue weighted by Crippen LogP contribution is -2.31. The fraction of sp³-hybridized carbons (Fsp3) is 0.818. The van der Waals surface area contributed by atoms with Crippen molar-refractivity contribution < 1.29 is 0 Å². The summed E-state index contributed by atoms with van der Waals surface area (Å²) in [6, 6.07) is 0. The Morgan fingerprint density at radius 3 is 2.56 bits per heavy atom. The topological polar surface area (TPSA) is 71.8 Å². The van der Waals surface area contributed by atoms with Crippen molar-refractivity contribution in [2.24, 2.45) is 23.0 Å². The lowest BCUT2D eigenvalue weighted by atomic mass is 9.81. The number of nitrogens with two attached hydrogens (primary N) is 1. The molecule has 90 valence electrons. The van der Waals surface area contributed by atoms with Crippen LogP contribution in [0.4, 0.5) is 0 Å². The van der Waals surface area contributed by atoms with Gasteiger partial charge in [0.15, 0.2) is 0 Å². The summed E-state index contributed by atoms with van der Waals surface area (Å²) in [4.78, 5) is 13.8. The molecular weight excluding hydrogens is 222 g/mol. The molecule has 0 radical (unpaired) electrons. The third-order valence-corrected chi connectivity index (χ3v) is 4.52. The Hall–Kier alpha value is -0.680. The van der Waals surface area contributed by atoms with Gasteiger partial charge in [0.25, 0.3) is 0 Å². The molecule has 0 spiro atoms. The van der Waals surface area contributed by atoms with Crippen molar-refractivity contribution in [3.05, 3.63) is 15.5 Å². The molecule has 1 aromatic heterocycles. The van der Waals surface area contributed by atoms with Gasteiger partial charge in [-0.2, -0.15) is 4.37 Å². The van der Waals surface area contributed by atoms with Gasteiger partial charge < -0.3 is 5.73 Å². The summed E-state index contributed by atoms with van der Waals surface area (Å²) in [5, 5.41) is 0. The van der Waals surface area contributed by atoms with Crippen molar-refractivity contribution in [1.29, 1.82) is 0 Å². The first-order valence-corrected chi connectivity index (χ1v) is 6.57. The lowest BCUT2D eigenvalue weighted by molar-refractivity contribution is 0.286. The van der Waals surface area contributed by atoms with E-state index < -0.39 is 0 Å². The van der Waals surface area contributed by atoms with E-state index in [1.807, 2.05) is 0 Å². The summed E-state index contributed by atoms with van der Waals surface area (Å²) in [6.07, 6.45) is 3.10. The molecule has 2 atom stereocenters. The standard InChI is InChI=1S/C11H19N3OS/c1-7-3-11(6-12,4-8(7)2)5-9-13-10(15)16-14-9/h7-8H,3-6,12H2,1-2H3,(H,13,14,15)/t7-,8-/m0/s1. The van der Waals surface area contributed by atoms with Crippen LogP contribution in [0.1, 0.15) is 32.5 Å². The first-order valence-electron chi connectivity index (χ1n) is 5.79. The number of hydrogen-bond acceptors (Lipinski definition) is 4. The van der Waals surface area contributed by atoms with E-state index in [0.29, 0.717) is 18.4 Å². The zero-order valence-electron chi connectivity index (χ0n) is 9.82. The zero-order valence-corrected chi connectivity index (χ0v) is 10.6. The summed E-state index contributed by atoms with van der Waals surface area (Å²) in [5.74, 6) is 2.24. The van der Waals surface area contributed by atoms with Crippen LogP contribution in [0, 0.1) is 17.3 Å². The van der Waals surface area contributed by atoms with E-state index in [-0.39, 0.29) is 10.3 Å². The molecule has 0 aromatic carbocycles. The van der Waals surface area contributed by atoms with Gasteiger partial charge >= 0.3 is 4.87 Å². The molecule has 0 unspecified atom stereocenters. The summed E-state index contributed by atoms with van der Waals surface area (Å²) in [6.45, 7) is 5.25. The molecule has 2 rings (SSSR count). The molecule has 3 N–H and O–H groups in total. The smallest absolute Gasteiger partial charge is 0.323 e. The van der Waals surface area contributed by atoms with Gasteiger partial charge in [0, 0.05) is 18.0 Å². The minimum atomic E-state index is -0.0683. The molecule has 4 nitrogen and oxygen atoms in total. The van der Waals surface area contributed by atoms with E-state index in [4.69, 9.17) is 5.73 Å². The van der Waals surface area contributed by atoms with E-state index in [0.717, 1.165) is 36.6 Å². The van der Waals surface area contributed by atoms with Gasteiger partial charge in [-0.3, -0.25) is 9.78 Å². The van der Waals surface area contributed by atoms with Crippen molar-refractivity contribution in [1.82, 2.24) is 9.36 Å². The average molecular weight is 241 g/mol. The van der Waals surface area contributed by atoms with Crippen LogP contribution in [0.5, 0.6) is 0 Å². The summed E-state index contributed by atoms with van der Waals surface area (Å²) in [5.41, 5.74) is 6.08. The molecule has 5 heteroatoms. The number of H-pyrrole nitrogens is 1. The Morgan fingerprint density at radius 2 is 2.12 bits per heavy atom. The van der Waals surface area contributed by atoms with Crippen LogP contribution < -0.4 is 10.6 Å². The molecule has 1 aliphatic rings. The summed E-state index contributed by atoms with van der Waals surface area (Å²) in [7, 11) is 0. The second-order valence-corrected chi connectivity index (χ2v) is 6.02. The van der Waals surface area contributed by atoms with E-state index in [2.05, 4.69) is 23.2 Å². The molecule has 16 heavy (non-hydrogen) atoms. The normalized spacial score (nSPS) is 28.4. The number of aromatic nitrogens is 2. The number of hydrogen-bond donors (Lipinski definition) is 2. The van der Waals surface area contributed by atoms with Crippen LogP contribution >= 0.6 is 11.5 Å². The molecule has 1 fully saturated rings. The van der Waals surface area contributed by atoms with Crippen molar-refractivity contribution in [2.75, 3.05) is 6.54 Å². The number of rotatable bonds is 3. The Bertz CT molecular complexity index is 401. The zero-order chi connectivity index (χ0) is 11.8. The van der Waals surface area contributed by atoms with Gasteiger partial charge in [0.05, 0.1) is 0 Å². The highest BCUT2D eigenvalue weighted by Gasteiger charge is 2.41. The van der Waals surface area contributed by atoms with Crippen LogP contribution in [0.25, 0.3) is 0 Å². The third-order valence-electron chi connectivity index (χ3n) is 3.94. The van der Waals surface area contributed by atoms with Crippen molar-refractivity contribution >= 4 is 11.5 Å². The summed E-state index contributed by atoms with van der Waals surface area (Å²) < 4.78 is 4.14. The highest BCUT2D eigenvalue weighted by molar-refractivity contribution is 7.02. The van der Waals surface area contributed by atoms with Crippen molar-refractivity contribution in [2.45, 2.75) is 33.1 Å². The van der Waals surface area contributed by atoms with E-state index in [1.165, 1.54) is 0 Å². The van der Waals surface area contributed by atoms with Crippen LogP contribution in [0.2, 0.25) is 0 Å². The van der Waals surface area contributed by atoms with Crippen LogP contribution in [0.15, 0.2) is 4.79 Å². The molecule has 0 aliphatic heterocycles. The van der Waals surface area contributed by atoms with Crippen LogP contribution in [0.3, 0.4) is 0 Å². The monoisotopic (exact) mass is 241 g/mol. The second-order valence-electron chi connectivity index (χ2n) is 5.29. The Balaban J connectivity index is 2.14. The molecule has 0 amide bonds. The fourth-order valence-corrected chi connectivity index (χ4v) is 3.39. The minimum Gasteiger partial charge on any atom is -0.330 e. The van der Waals surface area contributed by atoms with Gasteiger partial charge in [0.1, 0.15) is 5.82 Å². The average Bonchev–Trinajstić information content (AvgIpc) is 2.74. The maximum Gasteiger partial charge on any atom is 0.323 e. The molecule has 1 aliphatic carbocycles. The Labute approximate surface area is 99.4 Å². The second kappa shape index (κ2) is 4.30. The number of nitrogens with one attached hydrogen (secondary N) is 1. The van der Waals surface area contributed by atoms with Crippen LogP contribution in [-0.4, -0.2) is 15.9 Å². The van der Waals surface area contributed by atoms with Crippen molar-refractivity contribution in [3.8, 4) is 0 Å². The Morgan fingerprint density at radius 1 is 1.50 bits per heavy atom. The van der Waals surface area contributed by atoms with E-state index >= 15 is 0 Å². The van der Waals surface area contributed by atoms with Gasteiger partial charge in [0.2, 0.25) is 0 Å². The SMILES string of the molecule is C[C@H]1CC(CN)(Cc2nsc(=O)[nH]2)C[C@@H]1C. The lowest BCUT2D eigenvalue weighted by Gasteiger charge is -2.26. The Kier molecular flexibility index (Phi) is 3.17. The quantitative estimate of drug-likeness (QED) is 0.840. The molecule has 1 heterocycles. The first-order chi connectivity index (χ1) is 7.54. The minimum absolute atomic E-state index is 0.0683. The van der Waals surface area contributed by atoms with Gasteiger partial charge in [-0.05, 0) is 36.6 Å². The molecule has 0 bridgehead atoms. The highest BCUT2D eigenvalue weighted by atomic mass is 32.1. The number of nitrogens with zero attached hydrogens (tertiary/aromatic N) is 1. The molecule has 0 saturated heterocycles. The maximum atomic E-state index is 11.1. The van der Waals surface area contributed by atoms with Gasteiger partial charge in [-0.15, -0.1) is 0 Å². The van der Waals surface area contributed by atoms with Crippen molar-refractivity contribution in [3.63, 3.8) is 0 Å². The maximum absolute atomic E-state index is 11.1. The third kappa shape index (κ3) is 2.20. The number of aromatic amines is 1. The van der Waals surface area contributed by atoms with Crippen LogP contribution in [-0.2, 0) is 6.42 Å². The fourth-order valence-electron chi connectivity index (χ4n) is 2.93. The van der Waals surface area contributed by atoms with E-state index in [9.17, 15) is 4.79 Å². The highest BCUT2D eigenvalue weighted by Crippen LogP contribution is 2.46. The first kappa shape index (κ1) is 11.8. The molecule has 1 aromatic rings. The summed E-state index contributed by atoms with van der Waals surface area (Å²) >= 11 is 0.997. The van der Waals surface area contributed by atoms with Gasteiger partial charge in [-0.25, -0.2) is 0 Å². The molecular formula is C11H19N3OS. The predicted octanol–water partition coefficient (Wildman–Crippen LogP) is 1.39. The largest absolute Gasteiger partial charge is 0.330 e. The molecule has 1 saturated carbocycles. The van der Waals surface area contributed by atoms with Gasteiger partial charge in [-0.1, -0.05) is 13.8 Å². The van der Waals surface area contributed by atoms with E-state index in [1.54, 1.807) is 0 Å². The predicted molar refractivity (Wildman–Crippen MR) is 65.5 cm³/mol.